The van der Waals surface area contributed by atoms with Crippen molar-refractivity contribution in [3.63, 3.8) is 0 Å². The van der Waals surface area contributed by atoms with Crippen LogP contribution in [0.3, 0.4) is 0 Å². The Morgan fingerprint density at radius 3 is 2.94 bits per heavy atom. The number of aryl methyl sites for hydroxylation is 1. The van der Waals surface area contributed by atoms with E-state index in [9.17, 15) is 4.79 Å². The van der Waals surface area contributed by atoms with Crippen molar-refractivity contribution in [2.24, 2.45) is 0 Å². The normalized spacial score (nSPS) is 14.5. The predicted molar refractivity (Wildman–Crippen MR) is 73.2 cm³/mol. The molecule has 0 saturated heterocycles. The van der Waals surface area contributed by atoms with E-state index in [0.29, 0.717) is 19.0 Å². The standard InChI is InChI=1S/C13H17BrN2O/c1-9-2-5-11(14)12(8-9)15-7-6-13(17)16-10-3-4-10/h2,5,8,10,15H,3-4,6-7H2,1H3,(H,16,17). The Morgan fingerprint density at radius 1 is 1.47 bits per heavy atom. The second-order valence-corrected chi connectivity index (χ2v) is 5.36. The van der Waals surface area contributed by atoms with Crippen LogP contribution in [0.2, 0.25) is 0 Å². The van der Waals surface area contributed by atoms with Gasteiger partial charge in [-0.1, -0.05) is 6.07 Å². The number of carbonyl (C=O) groups is 1. The molecule has 2 rings (SSSR count). The van der Waals surface area contributed by atoms with Gasteiger partial charge in [0.15, 0.2) is 0 Å². The van der Waals surface area contributed by atoms with Gasteiger partial charge in [-0.3, -0.25) is 4.79 Å². The molecule has 0 heterocycles. The lowest BCUT2D eigenvalue weighted by molar-refractivity contribution is -0.120. The van der Waals surface area contributed by atoms with Crippen LogP contribution in [0.4, 0.5) is 5.69 Å². The van der Waals surface area contributed by atoms with Gasteiger partial charge in [0.2, 0.25) is 5.91 Å². The molecule has 4 heteroatoms. The first-order chi connectivity index (χ1) is 8.15. The van der Waals surface area contributed by atoms with Crippen molar-refractivity contribution in [3.8, 4) is 0 Å². The third-order valence-electron chi connectivity index (χ3n) is 2.73. The van der Waals surface area contributed by atoms with Crippen LogP contribution in [0.25, 0.3) is 0 Å². The molecule has 3 nitrogen and oxygen atoms in total. The fraction of sp³-hybridized carbons (Fsp3) is 0.462. The quantitative estimate of drug-likeness (QED) is 0.877. The molecule has 0 unspecified atom stereocenters. The second-order valence-electron chi connectivity index (χ2n) is 4.50. The van der Waals surface area contributed by atoms with Crippen molar-refractivity contribution >= 4 is 27.5 Å². The summed E-state index contributed by atoms with van der Waals surface area (Å²) in [6.45, 7) is 2.72. The lowest BCUT2D eigenvalue weighted by Gasteiger charge is -2.09. The van der Waals surface area contributed by atoms with E-state index < -0.39 is 0 Å². The molecule has 17 heavy (non-hydrogen) atoms. The molecule has 0 aromatic heterocycles. The molecule has 2 N–H and O–H groups in total. The van der Waals surface area contributed by atoms with Crippen molar-refractivity contribution in [2.75, 3.05) is 11.9 Å². The average molecular weight is 297 g/mol. The maximum atomic E-state index is 11.5. The van der Waals surface area contributed by atoms with Crippen molar-refractivity contribution in [1.82, 2.24) is 5.32 Å². The van der Waals surface area contributed by atoms with Crippen LogP contribution in [0.1, 0.15) is 24.8 Å². The highest BCUT2D eigenvalue weighted by Gasteiger charge is 2.22. The molecule has 1 aliphatic rings. The van der Waals surface area contributed by atoms with E-state index in [2.05, 4.69) is 45.6 Å². The summed E-state index contributed by atoms with van der Waals surface area (Å²) in [6, 6.07) is 6.59. The number of halogens is 1. The maximum absolute atomic E-state index is 11.5. The van der Waals surface area contributed by atoms with E-state index >= 15 is 0 Å². The van der Waals surface area contributed by atoms with Crippen LogP contribution in [0.5, 0.6) is 0 Å². The fourth-order valence-corrected chi connectivity index (χ4v) is 2.00. The van der Waals surface area contributed by atoms with E-state index in [1.165, 1.54) is 5.56 Å². The van der Waals surface area contributed by atoms with E-state index in [1.807, 2.05) is 6.07 Å². The molecule has 1 amide bonds. The molecule has 0 radical (unpaired) electrons. The predicted octanol–water partition coefficient (Wildman–Crippen LogP) is 2.84. The Balaban J connectivity index is 1.76. The Labute approximate surface area is 110 Å². The Kier molecular flexibility index (Phi) is 4.05. The van der Waals surface area contributed by atoms with E-state index in [4.69, 9.17) is 0 Å². The number of amides is 1. The monoisotopic (exact) mass is 296 g/mol. The number of benzene rings is 1. The van der Waals surface area contributed by atoms with Crippen LogP contribution < -0.4 is 10.6 Å². The highest BCUT2D eigenvalue weighted by molar-refractivity contribution is 9.10. The van der Waals surface area contributed by atoms with E-state index in [-0.39, 0.29) is 5.91 Å². The van der Waals surface area contributed by atoms with Gasteiger partial charge in [-0.2, -0.15) is 0 Å². The van der Waals surface area contributed by atoms with Crippen molar-refractivity contribution in [2.45, 2.75) is 32.2 Å². The summed E-state index contributed by atoms with van der Waals surface area (Å²) in [4.78, 5) is 11.5. The van der Waals surface area contributed by atoms with Gasteiger partial charge in [-0.05, 0) is 53.4 Å². The van der Waals surface area contributed by atoms with Gasteiger partial charge in [0.05, 0.1) is 0 Å². The van der Waals surface area contributed by atoms with Gasteiger partial charge >= 0.3 is 0 Å². The summed E-state index contributed by atoms with van der Waals surface area (Å²) in [5.74, 6) is 0.142. The Bertz CT molecular complexity index is 416. The van der Waals surface area contributed by atoms with Gasteiger partial charge in [0.25, 0.3) is 0 Å². The number of carbonyl (C=O) groups excluding carboxylic acids is 1. The number of rotatable bonds is 5. The van der Waals surface area contributed by atoms with Crippen molar-refractivity contribution in [3.05, 3.63) is 28.2 Å². The first-order valence-corrected chi connectivity index (χ1v) is 6.74. The first kappa shape index (κ1) is 12.4. The van der Waals surface area contributed by atoms with Gasteiger partial charge in [-0.15, -0.1) is 0 Å². The molecule has 92 valence electrons. The zero-order valence-electron chi connectivity index (χ0n) is 9.92. The van der Waals surface area contributed by atoms with E-state index in [1.54, 1.807) is 0 Å². The van der Waals surface area contributed by atoms with Gasteiger partial charge in [0.1, 0.15) is 0 Å². The van der Waals surface area contributed by atoms with Crippen LogP contribution >= 0.6 is 15.9 Å². The SMILES string of the molecule is Cc1ccc(Br)c(NCCC(=O)NC2CC2)c1. The minimum atomic E-state index is 0.142. The molecule has 1 saturated carbocycles. The summed E-state index contributed by atoms with van der Waals surface area (Å²) in [5.41, 5.74) is 2.25. The van der Waals surface area contributed by atoms with Crippen LogP contribution in [-0.4, -0.2) is 18.5 Å². The van der Waals surface area contributed by atoms with Crippen LogP contribution in [0, 0.1) is 6.92 Å². The van der Waals surface area contributed by atoms with Crippen LogP contribution in [-0.2, 0) is 4.79 Å². The average Bonchev–Trinajstić information content (AvgIpc) is 3.07. The second kappa shape index (κ2) is 5.54. The number of hydrogen-bond acceptors (Lipinski definition) is 2. The zero-order valence-corrected chi connectivity index (χ0v) is 11.5. The lowest BCUT2D eigenvalue weighted by atomic mass is 10.2. The highest BCUT2D eigenvalue weighted by Crippen LogP contribution is 2.23. The van der Waals surface area contributed by atoms with E-state index in [0.717, 1.165) is 23.0 Å². The summed E-state index contributed by atoms with van der Waals surface area (Å²) >= 11 is 3.48. The van der Waals surface area contributed by atoms with Crippen LogP contribution in [0.15, 0.2) is 22.7 Å². The molecule has 0 aliphatic heterocycles. The largest absolute Gasteiger partial charge is 0.384 e. The molecule has 0 bridgehead atoms. The molecule has 1 aromatic rings. The summed E-state index contributed by atoms with van der Waals surface area (Å²) < 4.78 is 1.03. The minimum Gasteiger partial charge on any atom is -0.384 e. The lowest BCUT2D eigenvalue weighted by Crippen LogP contribution is -2.27. The summed E-state index contributed by atoms with van der Waals surface area (Å²) in [6.07, 6.45) is 2.81. The molecule has 1 fully saturated rings. The maximum Gasteiger partial charge on any atom is 0.221 e. The topological polar surface area (TPSA) is 41.1 Å². The third-order valence-corrected chi connectivity index (χ3v) is 3.42. The van der Waals surface area contributed by atoms with Gasteiger partial charge < -0.3 is 10.6 Å². The molecular formula is C13H17BrN2O. The Morgan fingerprint density at radius 2 is 2.24 bits per heavy atom. The summed E-state index contributed by atoms with van der Waals surface area (Å²) in [7, 11) is 0. The number of anilines is 1. The fourth-order valence-electron chi connectivity index (χ4n) is 1.61. The van der Waals surface area contributed by atoms with Crippen molar-refractivity contribution < 1.29 is 4.79 Å². The molecule has 0 spiro atoms. The number of nitrogens with one attached hydrogen (secondary N) is 2. The molecular weight excluding hydrogens is 280 g/mol. The molecule has 1 aliphatic carbocycles. The smallest absolute Gasteiger partial charge is 0.221 e. The van der Waals surface area contributed by atoms with Gasteiger partial charge in [-0.25, -0.2) is 0 Å². The Hall–Kier alpha value is -1.03. The number of hydrogen-bond donors (Lipinski definition) is 2. The zero-order chi connectivity index (χ0) is 12.3. The first-order valence-electron chi connectivity index (χ1n) is 5.94. The third kappa shape index (κ3) is 4.04. The summed E-state index contributed by atoms with van der Waals surface area (Å²) in [5, 5.41) is 6.25. The highest BCUT2D eigenvalue weighted by atomic mass is 79.9. The minimum absolute atomic E-state index is 0.142. The van der Waals surface area contributed by atoms with Gasteiger partial charge in [0, 0.05) is 29.2 Å². The van der Waals surface area contributed by atoms with Crippen molar-refractivity contribution in [1.29, 1.82) is 0 Å². The molecule has 1 aromatic carbocycles. The molecule has 0 atom stereocenters.